The smallest absolute Gasteiger partial charge is 0.222 e. The maximum absolute atomic E-state index is 10.8. The largest absolute Gasteiger partial charge is 0.377 e. The molecule has 0 aliphatic carbocycles. The average Bonchev–Trinajstić information content (AvgIpc) is 1.82. The van der Waals surface area contributed by atoms with Gasteiger partial charge in [0.15, 0.2) is 0 Å². The highest BCUT2D eigenvalue weighted by atomic mass is 16.3. The van der Waals surface area contributed by atoms with E-state index in [0.717, 1.165) is 0 Å². The number of nitrogens with one attached hydrogen (secondary N) is 1. The Bertz CT molecular complexity index is 112. The molecule has 1 atom stereocenters. The van der Waals surface area contributed by atoms with E-state index in [2.05, 4.69) is 5.32 Å². The Kier molecular flexibility index (Phi) is 3.99. The first kappa shape index (κ1) is 9.39. The topological polar surface area (TPSA) is 75.4 Å². The number of rotatable bonds is 3. The summed E-state index contributed by atoms with van der Waals surface area (Å²) in [6.07, 6.45) is -0.956. The minimum absolute atomic E-state index is 0.0567. The van der Waals surface area contributed by atoms with Crippen molar-refractivity contribution in [1.29, 1.82) is 0 Å². The van der Waals surface area contributed by atoms with Gasteiger partial charge in [0.25, 0.3) is 0 Å². The van der Waals surface area contributed by atoms with Crippen molar-refractivity contribution in [2.75, 3.05) is 6.54 Å². The van der Waals surface area contributed by atoms with Gasteiger partial charge in [0.1, 0.15) is 6.23 Å². The first-order valence-corrected chi connectivity index (χ1v) is 3.25. The van der Waals surface area contributed by atoms with E-state index in [1.807, 2.05) is 0 Å². The zero-order valence-electron chi connectivity index (χ0n) is 6.29. The Morgan fingerprint density at radius 1 is 1.70 bits per heavy atom. The number of aliphatic hydroxyl groups excluding tert-OH is 1. The molecule has 0 aromatic rings. The molecule has 4 N–H and O–H groups in total. The van der Waals surface area contributed by atoms with Crippen molar-refractivity contribution in [2.45, 2.75) is 20.1 Å². The molecule has 0 aromatic carbocycles. The Labute approximate surface area is 60.4 Å². The molecule has 0 saturated carbocycles. The van der Waals surface area contributed by atoms with Gasteiger partial charge in [0, 0.05) is 5.92 Å². The number of amides is 1. The van der Waals surface area contributed by atoms with E-state index in [0.29, 0.717) is 0 Å². The number of carbonyl (C=O) groups is 1. The van der Waals surface area contributed by atoms with Gasteiger partial charge in [-0.15, -0.1) is 0 Å². The quantitative estimate of drug-likeness (QED) is 0.449. The predicted octanol–water partition coefficient (Wildman–Crippen LogP) is -0.964. The summed E-state index contributed by atoms with van der Waals surface area (Å²) in [6.45, 7) is 3.67. The Morgan fingerprint density at radius 2 is 2.20 bits per heavy atom. The molecule has 4 heteroatoms. The second-order valence-electron chi connectivity index (χ2n) is 2.47. The van der Waals surface area contributed by atoms with Crippen LogP contribution in [0.15, 0.2) is 0 Å². The number of hydrogen-bond donors (Lipinski definition) is 3. The van der Waals surface area contributed by atoms with E-state index in [9.17, 15) is 4.79 Å². The van der Waals surface area contributed by atoms with Gasteiger partial charge < -0.3 is 16.2 Å². The fourth-order valence-corrected chi connectivity index (χ4v) is 0.409. The van der Waals surface area contributed by atoms with Gasteiger partial charge in [-0.2, -0.15) is 0 Å². The Morgan fingerprint density at radius 3 is 2.50 bits per heavy atom. The Balaban J connectivity index is 3.40. The maximum Gasteiger partial charge on any atom is 0.222 e. The molecule has 0 aromatic heterocycles. The van der Waals surface area contributed by atoms with E-state index in [-0.39, 0.29) is 18.4 Å². The molecule has 0 rings (SSSR count). The first-order valence-electron chi connectivity index (χ1n) is 3.25. The lowest BCUT2D eigenvalue weighted by atomic mass is 10.2. The summed E-state index contributed by atoms with van der Waals surface area (Å²) in [5, 5.41) is 11.0. The van der Waals surface area contributed by atoms with Crippen LogP contribution in [0, 0.1) is 5.92 Å². The SMILES string of the molecule is CC(C)C(=O)NC[C@H](N)O. The van der Waals surface area contributed by atoms with Crippen LogP contribution in [0.3, 0.4) is 0 Å². The summed E-state index contributed by atoms with van der Waals surface area (Å²) in [5.41, 5.74) is 4.98. The van der Waals surface area contributed by atoms with Crippen molar-refractivity contribution >= 4 is 5.91 Å². The third-order valence-corrected chi connectivity index (χ3v) is 1.01. The van der Waals surface area contributed by atoms with Crippen molar-refractivity contribution in [2.24, 2.45) is 11.7 Å². The van der Waals surface area contributed by atoms with Crippen LogP contribution < -0.4 is 11.1 Å². The van der Waals surface area contributed by atoms with Gasteiger partial charge in [-0.1, -0.05) is 13.8 Å². The molecule has 0 radical (unpaired) electrons. The highest BCUT2D eigenvalue weighted by molar-refractivity contribution is 5.77. The lowest BCUT2D eigenvalue weighted by Gasteiger charge is -2.08. The zero-order valence-corrected chi connectivity index (χ0v) is 6.29. The summed E-state index contributed by atoms with van der Waals surface area (Å²) in [4.78, 5) is 10.8. The molecule has 0 unspecified atom stereocenters. The van der Waals surface area contributed by atoms with Crippen LogP contribution in [0.2, 0.25) is 0 Å². The number of hydrogen-bond acceptors (Lipinski definition) is 3. The van der Waals surface area contributed by atoms with Crippen molar-refractivity contribution in [3.05, 3.63) is 0 Å². The van der Waals surface area contributed by atoms with Gasteiger partial charge in [0.05, 0.1) is 6.54 Å². The molecular formula is C6H14N2O2. The van der Waals surface area contributed by atoms with E-state index in [1.54, 1.807) is 13.8 Å². The molecule has 0 aliphatic rings. The monoisotopic (exact) mass is 146 g/mol. The lowest BCUT2D eigenvalue weighted by molar-refractivity contribution is -0.124. The van der Waals surface area contributed by atoms with Crippen LogP contribution in [-0.4, -0.2) is 23.8 Å². The molecule has 0 saturated heterocycles. The highest BCUT2D eigenvalue weighted by Gasteiger charge is 2.06. The average molecular weight is 146 g/mol. The van der Waals surface area contributed by atoms with Gasteiger partial charge in [-0.05, 0) is 0 Å². The van der Waals surface area contributed by atoms with E-state index < -0.39 is 6.23 Å². The molecule has 60 valence electrons. The second kappa shape index (κ2) is 4.24. The predicted molar refractivity (Wildman–Crippen MR) is 38.0 cm³/mol. The van der Waals surface area contributed by atoms with Crippen molar-refractivity contribution in [3.63, 3.8) is 0 Å². The van der Waals surface area contributed by atoms with Crippen LogP contribution >= 0.6 is 0 Å². The van der Waals surface area contributed by atoms with Crippen LogP contribution in [0.4, 0.5) is 0 Å². The molecule has 0 fully saturated rings. The molecule has 4 nitrogen and oxygen atoms in total. The third-order valence-electron chi connectivity index (χ3n) is 1.01. The van der Waals surface area contributed by atoms with Crippen molar-refractivity contribution in [1.82, 2.24) is 5.32 Å². The van der Waals surface area contributed by atoms with E-state index in [1.165, 1.54) is 0 Å². The van der Waals surface area contributed by atoms with E-state index in [4.69, 9.17) is 10.8 Å². The maximum atomic E-state index is 10.8. The summed E-state index contributed by atoms with van der Waals surface area (Å²) in [7, 11) is 0. The van der Waals surface area contributed by atoms with Crippen LogP contribution in [0.5, 0.6) is 0 Å². The Hall–Kier alpha value is -0.610. The molecule has 10 heavy (non-hydrogen) atoms. The lowest BCUT2D eigenvalue weighted by Crippen LogP contribution is -2.38. The van der Waals surface area contributed by atoms with Gasteiger partial charge in [-0.25, -0.2) is 0 Å². The zero-order chi connectivity index (χ0) is 8.15. The molecule has 0 spiro atoms. The second-order valence-corrected chi connectivity index (χ2v) is 2.47. The minimum Gasteiger partial charge on any atom is -0.377 e. The first-order chi connectivity index (χ1) is 4.54. The molecule has 0 aliphatic heterocycles. The van der Waals surface area contributed by atoms with Crippen molar-refractivity contribution in [3.8, 4) is 0 Å². The summed E-state index contributed by atoms with van der Waals surface area (Å²) >= 11 is 0. The molecule has 0 bridgehead atoms. The number of nitrogens with two attached hydrogens (primary N) is 1. The third kappa shape index (κ3) is 4.29. The normalized spacial score (nSPS) is 13.3. The molecule has 1 amide bonds. The minimum atomic E-state index is -0.956. The van der Waals surface area contributed by atoms with Gasteiger partial charge in [-0.3, -0.25) is 4.79 Å². The molecular weight excluding hydrogens is 132 g/mol. The van der Waals surface area contributed by atoms with E-state index >= 15 is 0 Å². The van der Waals surface area contributed by atoms with Gasteiger partial charge in [0.2, 0.25) is 5.91 Å². The fourth-order valence-electron chi connectivity index (χ4n) is 0.409. The van der Waals surface area contributed by atoms with Crippen LogP contribution in [0.25, 0.3) is 0 Å². The fraction of sp³-hybridized carbons (Fsp3) is 0.833. The summed E-state index contributed by atoms with van der Waals surface area (Å²) in [6, 6.07) is 0. The summed E-state index contributed by atoms with van der Waals surface area (Å²) < 4.78 is 0. The standard InChI is InChI=1S/C6H14N2O2/c1-4(2)6(10)8-3-5(7)9/h4-5,9H,3,7H2,1-2H3,(H,8,10)/t5-/m1/s1. The number of carbonyl (C=O) groups excluding carboxylic acids is 1. The van der Waals surface area contributed by atoms with Crippen LogP contribution in [0.1, 0.15) is 13.8 Å². The van der Waals surface area contributed by atoms with Crippen molar-refractivity contribution < 1.29 is 9.90 Å². The van der Waals surface area contributed by atoms with Crippen LogP contribution in [-0.2, 0) is 4.79 Å². The summed E-state index contributed by atoms with van der Waals surface area (Å²) in [5.74, 6) is -0.150. The number of aliphatic hydroxyl groups is 1. The molecule has 0 heterocycles. The highest BCUT2D eigenvalue weighted by Crippen LogP contribution is 1.89. The van der Waals surface area contributed by atoms with Gasteiger partial charge >= 0.3 is 0 Å².